The summed E-state index contributed by atoms with van der Waals surface area (Å²) in [7, 11) is 2.13. The molecule has 0 amide bonds. The van der Waals surface area contributed by atoms with E-state index in [1.54, 1.807) is 0 Å². The maximum atomic E-state index is 5.53. The van der Waals surface area contributed by atoms with Gasteiger partial charge >= 0.3 is 0 Å². The number of nitrogens with two attached hydrogens (primary N) is 1. The number of likely N-dealkylation sites (N-methyl/N-ethyl adjacent to an activating group) is 1. The van der Waals surface area contributed by atoms with Crippen LogP contribution in [0.3, 0.4) is 0 Å². The second-order valence-corrected chi connectivity index (χ2v) is 2.59. The van der Waals surface area contributed by atoms with Crippen molar-refractivity contribution in [2.24, 2.45) is 5.73 Å². The van der Waals surface area contributed by atoms with Crippen LogP contribution in [-0.2, 0) is 0 Å². The van der Waals surface area contributed by atoms with Crippen molar-refractivity contribution in [3.63, 3.8) is 0 Å². The maximum Gasteiger partial charge on any atom is 0.130 e. The van der Waals surface area contributed by atoms with Gasteiger partial charge in [0.15, 0.2) is 0 Å². The van der Waals surface area contributed by atoms with Crippen molar-refractivity contribution in [2.45, 2.75) is 6.92 Å². The van der Waals surface area contributed by atoms with Crippen molar-refractivity contribution in [3.8, 4) is 0 Å². The van der Waals surface area contributed by atoms with E-state index in [4.69, 9.17) is 5.73 Å². The van der Waals surface area contributed by atoms with Crippen LogP contribution in [0.5, 0.6) is 0 Å². The molecule has 1 atom stereocenters. The van der Waals surface area contributed by atoms with Crippen molar-refractivity contribution in [2.75, 3.05) is 26.8 Å². The molecule has 0 bridgehead atoms. The van der Waals surface area contributed by atoms with Crippen LogP contribution in [0, 0.1) is 0 Å². The van der Waals surface area contributed by atoms with Crippen LogP contribution in [0.1, 0.15) is 6.92 Å². The Labute approximate surface area is 57.5 Å². The van der Waals surface area contributed by atoms with E-state index in [0.29, 0.717) is 6.67 Å². The molecule has 9 heavy (non-hydrogen) atoms. The molecule has 0 radical (unpaired) electrons. The Morgan fingerprint density at radius 1 is 1.67 bits per heavy atom. The zero-order valence-electron chi connectivity index (χ0n) is 6.43. The van der Waals surface area contributed by atoms with Gasteiger partial charge < -0.3 is 4.48 Å². The van der Waals surface area contributed by atoms with Crippen LogP contribution in [-0.4, -0.2) is 31.3 Å². The molecule has 2 nitrogen and oxygen atoms in total. The second kappa shape index (κ2) is 3.64. The van der Waals surface area contributed by atoms with Gasteiger partial charge in [-0.15, -0.1) is 0 Å². The summed E-state index contributed by atoms with van der Waals surface area (Å²) in [5.41, 5.74) is 5.53. The Hall–Kier alpha value is -0.340. The Morgan fingerprint density at radius 3 is 2.33 bits per heavy atom. The smallest absolute Gasteiger partial charge is 0.130 e. The molecule has 0 aromatic rings. The fraction of sp³-hybridized carbons (Fsp3) is 0.714. The first kappa shape index (κ1) is 8.66. The van der Waals surface area contributed by atoms with Crippen LogP contribution in [0.2, 0.25) is 0 Å². The minimum atomic E-state index is 0.697. The summed E-state index contributed by atoms with van der Waals surface area (Å²) in [6.45, 7) is 8.54. The summed E-state index contributed by atoms with van der Waals surface area (Å²) in [5, 5.41) is 0. The molecule has 0 fully saturated rings. The quantitative estimate of drug-likeness (QED) is 0.335. The van der Waals surface area contributed by atoms with Gasteiger partial charge in [-0.05, 0) is 13.0 Å². The fourth-order valence-corrected chi connectivity index (χ4v) is 0.644. The minimum Gasteiger partial charge on any atom is -0.311 e. The first-order valence-electron chi connectivity index (χ1n) is 3.33. The molecule has 0 heterocycles. The van der Waals surface area contributed by atoms with Gasteiger partial charge in [-0.25, -0.2) is 0 Å². The van der Waals surface area contributed by atoms with E-state index in [1.165, 1.54) is 0 Å². The minimum absolute atomic E-state index is 0.697. The Balaban J connectivity index is 3.75. The summed E-state index contributed by atoms with van der Waals surface area (Å²) in [5.74, 6) is 0. The van der Waals surface area contributed by atoms with E-state index >= 15 is 0 Å². The largest absolute Gasteiger partial charge is 0.311 e. The molecule has 0 aromatic carbocycles. The van der Waals surface area contributed by atoms with Crippen LogP contribution >= 0.6 is 0 Å². The van der Waals surface area contributed by atoms with Crippen molar-refractivity contribution in [3.05, 3.63) is 12.7 Å². The Bertz CT molecular complexity index is 84.9. The van der Waals surface area contributed by atoms with Crippen LogP contribution in [0.25, 0.3) is 0 Å². The van der Waals surface area contributed by atoms with Gasteiger partial charge in [0.05, 0.1) is 20.1 Å². The molecular formula is C7H17N2+. The van der Waals surface area contributed by atoms with E-state index in [0.717, 1.165) is 17.6 Å². The van der Waals surface area contributed by atoms with Gasteiger partial charge in [-0.3, -0.25) is 5.73 Å². The predicted octanol–water partition coefficient (Wildman–Crippen LogP) is 0.555. The molecule has 0 aromatic heterocycles. The number of nitrogens with zero attached hydrogens (tertiary/aromatic N) is 1. The highest BCUT2D eigenvalue weighted by Crippen LogP contribution is 1.96. The van der Waals surface area contributed by atoms with Crippen LogP contribution < -0.4 is 5.73 Å². The normalized spacial score (nSPS) is 16.8. The van der Waals surface area contributed by atoms with Gasteiger partial charge in [-0.1, -0.05) is 6.58 Å². The first-order chi connectivity index (χ1) is 4.18. The summed E-state index contributed by atoms with van der Waals surface area (Å²) in [4.78, 5) is 0. The van der Waals surface area contributed by atoms with E-state index in [2.05, 4.69) is 20.6 Å². The molecule has 0 aliphatic heterocycles. The summed E-state index contributed by atoms with van der Waals surface area (Å²) >= 11 is 0. The molecule has 0 aliphatic carbocycles. The average Bonchev–Trinajstić information content (AvgIpc) is 1.89. The van der Waals surface area contributed by atoms with Gasteiger partial charge in [0, 0.05) is 0 Å². The first-order valence-corrected chi connectivity index (χ1v) is 3.33. The van der Waals surface area contributed by atoms with E-state index in [9.17, 15) is 0 Å². The summed E-state index contributed by atoms with van der Waals surface area (Å²) < 4.78 is 0.892. The molecule has 0 aliphatic rings. The number of quaternary nitrogens is 1. The Kier molecular flexibility index (Phi) is 3.50. The van der Waals surface area contributed by atoms with Crippen molar-refractivity contribution >= 4 is 0 Å². The van der Waals surface area contributed by atoms with Gasteiger partial charge in [0.25, 0.3) is 0 Å². The zero-order chi connectivity index (χ0) is 7.33. The van der Waals surface area contributed by atoms with E-state index < -0.39 is 0 Å². The maximum absolute atomic E-state index is 5.53. The lowest BCUT2D eigenvalue weighted by Crippen LogP contribution is -2.47. The third kappa shape index (κ3) is 2.63. The molecule has 0 rings (SSSR count). The Morgan fingerprint density at radius 2 is 2.22 bits per heavy atom. The standard InChI is InChI=1S/C7H17N2/c1-4-6-9(3,5-2)7-8/h4H,1,5-8H2,2-3H3/q+1. The molecule has 2 heteroatoms. The molecule has 0 saturated heterocycles. The second-order valence-electron chi connectivity index (χ2n) is 2.59. The third-order valence-electron chi connectivity index (χ3n) is 1.77. The molecule has 2 N–H and O–H groups in total. The summed E-state index contributed by atoms with van der Waals surface area (Å²) in [6, 6.07) is 0. The molecule has 54 valence electrons. The van der Waals surface area contributed by atoms with Crippen molar-refractivity contribution < 1.29 is 4.48 Å². The topological polar surface area (TPSA) is 26.0 Å². The molecular weight excluding hydrogens is 112 g/mol. The highest BCUT2D eigenvalue weighted by atomic mass is 15.4. The highest BCUT2D eigenvalue weighted by Gasteiger charge is 2.12. The van der Waals surface area contributed by atoms with Crippen LogP contribution in [0.4, 0.5) is 0 Å². The number of hydrogen-bond donors (Lipinski definition) is 1. The van der Waals surface area contributed by atoms with Crippen molar-refractivity contribution in [1.29, 1.82) is 0 Å². The monoisotopic (exact) mass is 129 g/mol. The van der Waals surface area contributed by atoms with Crippen molar-refractivity contribution in [1.82, 2.24) is 0 Å². The lowest BCUT2D eigenvalue weighted by molar-refractivity contribution is -0.901. The predicted molar refractivity (Wildman–Crippen MR) is 40.8 cm³/mol. The third-order valence-corrected chi connectivity index (χ3v) is 1.77. The van der Waals surface area contributed by atoms with Gasteiger partial charge in [0.2, 0.25) is 0 Å². The SMILES string of the molecule is C=CC[N+](C)(CC)CN. The highest BCUT2D eigenvalue weighted by molar-refractivity contribution is 4.64. The molecule has 1 unspecified atom stereocenters. The van der Waals surface area contributed by atoms with E-state index in [-0.39, 0.29) is 0 Å². The fourth-order valence-electron chi connectivity index (χ4n) is 0.644. The zero-order valence-corrected chi connectivity index (χ0v) is 6.43. The van der Waals surface area contributed by atoms with Gasteiger partial charge in [-0.2, -0.15) is 0 Å². The van der Waals surface area contributed by atoms with E-state index in [1.807, 2.05) is 6.08 Å². The van der Waals surface area contributed by atoms with Gasteiger partial charge in [0.1, 0.15) is 6.67 Å². The number of rotatable bonds is 4. The number of hydrogen-bond acceptors (Lipinski definition) is 1. The lowest BCUT2D eigenvalue weighted by atomic mass is 10.4. The summed E-state index contributed by atoms with van der Waals surface area (Å²) in [6.07, 6.45) is 1.91. The lowest BCUT2D eigenvalue weighted by Gasteiger charge is -2.29. The van der Waals surface area contributed by atoms with Crippen LogP contribution in [0.15, 0.2) is 12.7 Å². The molecule has 0 spiro atoms. The average molecular weight is 129 g/mol. The molecule has 0 saturated carbocycles.